The van der Waals surface area contributed by atoms with Crippen LogP contribution in [-0.2, 0) is 10.0 Å². The lowest BCUT2D eigenvalue weighted by Gasteiger charge is -2.28. The molecule has 4 nitrogen and oxygen atoms in total. The molecule has 2 N–H and O–H groups in total. The van der Waals surface area contributed by atoms with Gasteiger partial charge in [-0.2, -0.15) is 0 Å². The van der Waals surface area contributed by atoms with Crippen molar-refractivity contribution in [3.05, 3.63) is 0 Å². The molecule has 0 rings (SSSR count). The summed E-state index contributed by atoms with van der Waals surface area (Å²) in [4.78, 5) is 0. The molecule has 0 aromatic heterocycles. The fourth-order valence-corrected chi connectivity index (χ4v) is 2.49. The summed E-state index contributed by atoms with van der Waals surface area (Å²) in [7, 11) is -1.82. The maximum atomic E-state index is 11.9. The Hall–Kier alpha value is -0.200. The predicted molar refractivity (Wildman–Crippen MR) is 59.8 cm³/mol. The molecule has 0 unspecified atom stereocenters. The van der Waals surface area contributed by atoms with Gasteiger partial charge >= 0.3 is 0 Å². The molecule has 0 saturated carbocycles. The van der Waals surface area contributed by atoms with Gasteiger partial charge in [0.25, 0.3) is 0 Å². The van der Waals surface area contributed by atoms with E-state index >= 15 is 0 Å². The molecule has 0 aliphatic carbocycles. The van der Waals surface area contributed by atoms with Crippen molar-refractivity contribution in [1.82, 2.24) is 4.31 Å². The molecule has 0 atom stereocenters. The number of sulfonamides is 1. The number of hydrogen-bond donors (Lipinski definition) is 1. The summed E-state index contributed by atoms with van der Waals surface area (Å²) in [6.07, 6.45) is 0.0513. The molecular formula is C9H21FN2O2S. The van der Waals surface area contributed by atoms with E-state index in [0.29, 0.717) is 13.1 Å². The minimum atomic E-state index is -3.33. The molecule has 92 valence electrons. The quantitative estimate of drug-likeness (QED) is 0.708. The van der Waals surface area contributed by atoms with Gasteiger partial charge in [-0.05, 0) is 18.4 Å². The minimum Gasteiger partial charge on any atom is -0.330 e. The van der Waals surface area contributed by atoms with Crippen molar-refractivity contribution in [2.45, 2.75) is 20.3 Å². The van der Waals surface area contributed by atoms with Gasteiger partial charge in [0.15, 0.2) is 0 Å². The Bertz CT molecular complexity index is 278. The normalized spacial score (nSPS) is 13.5. The van der Waals surface area contributed by atoms with Crippen LogP contribution in [0.25, 0.3) is 0 Å². The second-order valence-corrected chi connectivity index (χ2v) is 6.68. The van der Waals surface area contributed by atoms with Gasteiger partial charge < -0.3 is 5.73 Å². The SMILES string of the molecule is CN(CC(C)(C)CN)S(=O)(=O)CCCF. The van der Waals surface area contributed by atoms with Crippen molar-refractivity contribution in [2.75, 3.05) is 32.6 Å². The number of nitrogens with two attached hydrogens (primary N) is 1. The lowest BCUT2D eigenvalue weighted by atomic mass is 9.94. The van der Waals surface area contributed by atoms with Crippen molar-refractivity contribution >= 4 is 10.0 Å². The van der Waals surface area contributed by atoms with Crippen molar-refractivity contribution in [1.29, 1.82) is 0 Å². The van der Waals surface area contributed by atoms with Crippen molar-refractivity contribution in [3.8, 4) is 0 Å². The van der Waals surface area contributed by atoms with Gasteiger partial charge in [-0.1, -0.05) is 13.8 Å². The molecule has 0 spiro atoms. The summed E-state index contributed by atoms with van der Waals surface area (Å²) < 4.78 is 36.4. The minimum absolute atomic E-state index is 0.0513. The van der Waals surface area contributed by atoms with Crippen LogP contribution in [0.1, 0.15) is 20.3 Å². The molecule has 0 heterocycles. The molecule has 0 aliphatic heterocycles. The van der Waals surface area contributed by atoms with Crippen LogP contribution >= 0.6 is 0 Å². The zero-order valence-corrected chi connectivity index (χ0v) is 10.5. The number of hydrogen-bond acceptors (Lipinski definition) is 3. The summed E-state index contributed by atoms with van der Waals surface area (Å²) in [6, 6.07) is 0. The first-order chi connectivity index (χ1) is 6.75. The van der Waals surface area contributed by atoms with E-state index in [2.05, 4.69) is 0 Å². The van der Waals surface area contributed by atoms with Crippen LogP contribution in [0.5, 0.6) is 0 Å². The predicted octanol–water partition coefficient (Wildman–Crippen LogP) is 0.592. The third-order valence-electron chi connectivity index (χ3n) is 2.21. The average molecular weight is 240 g/mol. The smallest absolute Gasteiger partial charge is 0.213 e. The molecule has 15 heavy (non-hydrogen) atoms. The van der Waals surface area contributed by atoms with Crippen molar-refractivity contribution in [3.63, 3.8) is 0 Å². The molecule has 0 bridgehead atoms. The zero-order valence-electron chi connectivity index (χ0n) is 9.66. The Kier molecular flexibility index (Phi) is 5.69. The highest BCUT2D eigenvalue weighted by Crippen LogP contribution is 2.16. The van der Waals surface area contributed by atoms with Crippen LogP contribution in [0.15, 0.2) is 0 Å². The zero-order chi connectivity index (χ0) is 12.1. The van der Waals surface area contributed by atoms with E-state index < -0.39 is 16.7 Å². The number of rotatable bonds is 7. The Morgan fingerprint density at radius 3 is 2.33 bits per heavy atom. The van der Waals surface area contributed by atoms with E-state index in [9.17, 15) is 12.8 Å². The van der Waals surface area contributed by atoms with Gasteiger partial charge in [-0.25, -0.2) is 12.7 Å². The van der Waals surface area contributed by atoms with Gasteiger partial charge in [-0.3, -0.25) is 4.39 Å². The van der Waals surface area contributed by atoms with Crippen molar-refractivity contribution < 1.29 is 12.8 Å². The molecule has 0 saturated heterocycles. The third kappa shape index (κ3) is 5.44. The van der Waals surface area contributed by atoms with Gasteiger partial charge in [0.2, 0.25) is 10.0 Å². The highest BCUT2D eigenvalue weighted by atomic mass is 32.2. The van der Waals surface area contributed by atoms with Crippen LogP contribution < -0.4 is 5.73 Å². The molecule has 0 radical (unpaired) electrons. The van der Waals surface area contributed by atoms with Crippen LogP contribution in [0.2, 0.25) is 0 Å². The summed E-state index contributed by atoms with van der Waals surface area (Å²) in [5.74, 6) is -0.138. The Balaban J connectivity index is 4.37. The molecule has 0 aromatic carbocycles. The lowest BCUT2D eigenvalue weighted by Crippen LogP contribution is -2.40. The van der Waals surface area contributed by atoms with Gasteiger partial charge in [0.05, 0.1) is 12.4 Å². The second kappa shape index (κ2) is 5.77. The van der Waals surface area contributed by atoms with Crippen LogP contribution in [0.3, 0.4) is 0 Å². The summed E-state index contributed by atoms with van der Waals surface area (Å²) in [6.45, 7) is 3.96. The first kappa shape index (κ1) is 14.8. The molecular weight excluding hydrogens is 219 g/mol. The van der Waals surface area contributed by atoms with Crippen LogP contribution in [0, 0.1) is 5.41 Å². The first-order valence-corrected chi connectivity index (χ1v) is 6.56. The van der Waals surface area contributed by atoms with E-state index in [-0.39, 0.29) is 17.6 Å². The molecule has 0 aliphatic rings. The Morgan fingerprint density at radius 1 is 1.40 bits per heavy atom. The lowest BCUT2D eigenvalue weighted by molar-refractivity contribution is 0.291. The van der Waals surface area contributed by atoms with E-state index in [4.69, 9.17) is 5.73 Å². The Morgan fingerprint density at radius 2 is 1.93 bits per heavy atom. The van der Waals surface area contributed by atoms with Crippen molar-refractivity contribution in [2.24, 2.45) is 11.1 Å². The van der Waals surface area contributed by atoms with E-state index in [1.54, 1.807) is 0 Å². The monoisotopic (exact) mass is 240 g/mol. The maximum Gasteiger partial charge on any atom is 0.213 e. The molecule has 6 heteroatoms. The largest absolute Gasteiger partial charge is 0.330 e. The summed E-state index contributed by atoms with van der Waals surface area (Å²) >= 11 is 0. The highest BCUT2D eigenvalue weighted by molar-refractivity contribution is 7.89. The number of nitrogens with zero attached hydrogens (tertiary/aromatic N) is 1. The van der Waals surface area contributed by atoms with Gasteiger partial charge in [0, 0.05) is 13.6 Å². The molecule has 0 fully saturated rings. The fraction of sp³-hybridized carbons (Fsp3) is 1.00. The molecule has 0 amide bonds. The molecule has 0 aromatic rings. The first-order valence-electron chi connectivity index (χ1n) is 4.95. The van der Waals surface area contributed by atoms with Gasteiger partial charge in [-0.15, -0.1) is 0 Å². The number of alkyl halides is 1. The Labute approximate surface area is 91.7 Å². The summed E-state index contributed by atoms with van der Waals surface area (Å²) in [5, 5.41) is 0. The standard InChI is InChI=1S/C9H21FN2O2S/c1-9(2,7-11)8-12(3)15(13,14)6-4-5-10/h4-8,11H2,1-3H3. The number of halogens is 1. The van der Waals surface area contributed by atoms with Crippen LogP contribution in [-0.4, -0.2) is 45.3 Å². The fourth-order valence-electron chi connectivity index (χ4n) is 1.16. The van der Waals surface area contributed by atoms with Crippen LogP contribution in [0.4, 0.5) is 4.39 Å². The van der Waals surface area contributed by atoms with E-state index in [0.717, 1.165) is 0 Å². The topological polar surface area (TPSA) is 63.4 Å². The summed E-state index contributed by atoms with van der Waals surface area (Å²) in [5.41, 5.74) is 5.26. The van der Waals surface area contributed by atoms with E-state index in [1.807, 2.05) is 13.8 Å². The second-order valence-electron chi connectivity index (χ2n) is 4.48. The van der Waals surface area contributed by atoms with Gasteiger partial charge in [0.1, 0.15) is 0 Å². The van der Waals surface area contributed by atoms with E-state index in [1.165, 1.54) is 11.4 Å². The average Bonchev–Trinajstić information content (AvgIpc) is 2.14. The highest BCUT2D eigenvalue weighted by Gasteiger charge is 2.25. The third-order valence-corrected chi connectivity index (χ3v) is 4.10. The maximum absolute atomic E-state index is 11.9.